The molecule has 2 atom stereocenters. The van der Waals surface area contributed by atoms with Gasteiger partial charge in [-0.05, 0) is 37.3 Å². The monoisotopic (exact) mass is 291 g/mol. The summed E-state index contributed by atoms with van der Waals surface area (Å²) in [5.74, 6) is -1.47. The van der Waals surface area contributed by atoms with Crippen LogP contribution in [0.5, 0.6) is 0 Å². The molecule has 0 saturated heterocycles. The van der Waals surface area contributed by atoms with Gasteiger partial charge in [-0.3, -0.25) is 9.59 Å². The Labute approximate surface area is 124 Å². The van der Waals surface area contributed by atoms with Crippen LogP contribution >= 0.6 is 0 Å². The van der Waals surface area contributed by atoms with Gasteiger partial charge in [-0.1, -0.05) is 18.2 Å². The van der Waals surface area contributed by atoms with Crippen LogP contribution in [0, 0.1) is 11.8 Å². The molecule has 2 rings (SSSR count). The van der Waals surface area contributed by atoms with E-state index in [0.29, 0.717) is 25.9 Å². The van der Waals surface area contributed by atoms with Crippen molar-refractivity contribution in [1.29, 1.82) is 0 Å². The fourth-order valence-electron chi connectivity index (χ4n) is 2.75. The highest BCUT2D eigenvalue weighted by molar-refractivity contribution is 5.93. The highest BCUT2D eigenvalue weighted by Gasteiger charge is 2.33. The fourth-order valence-corrected chi connectivity index (χ4v) is 2.75. The van der Waals surface area contributed by atoms with Crippen molar-refractivity contribution < 1.29 is 19.4 Å². The van der Waals surface area contributed by atoms with Crippen molar-refractivity contribution >= 4 is 17.6 Å². The summed E-state index contributed by atoms with van der Waals surface area (Å²) in [5, 5.41) is 11.9. The Morgan fingerprint density at radius 1 is 1.29 bits per heavy atom. The Morgan fingerprint density at radius 3 is 2.67 bits per heavy atom. The quantitative estimate of drug-likeness (QED) is 0.843. The molecular formula is C16H21NO4. The standard InChI is InChI=1S/C16H21NO4/c1-21-9-8-11-4-2-3-5-14(11)17-15(18)12-6-7-13(10-12)16(19)20/h2-5,12-13H,6-10H2,1H3,(H,17,18)(H,19,20). The first-order valence-electron chi connectivity index (χ1n) is 7.22. The number of rotatable bonds is 6. The van der Waals surface area contributed by atoms with Gasteiger partial charge in [0.2, 0.25) is 5.91 Å². The lowest BCUT2D eigenvalue weighted by Crippen LogP contribution is -2.22. The van der Waals surface area contributed by atoms with Gasteiger partial charge in [0.1, 0.15) is 0 Å². The molecule has 21 heavy (non-hydrogen) atoms. The number of methoxy groups -OCH3 is 1. The van der Waals surface area contributed by atoms with Crippen molar-refractivity contribution in [2.45, 2.75) is 25.7 Å². The smallest absolute Gasteiger partial charge is 0.306 e. The Kier molecular flexibility index (Phi) is 5.33. The first-order valence-corrected chi connectivity index (χ1v) is 7.22. The van der Waals surface area contributed by atoms with Gasteiger partial charge >= 0.3 is 5.97 Å². The number of hydrogen-bond acceptors (Lipinski definition) is 3. The average molecular weight is 291 g/mol. The maximum atomic E-state index is 12.3. The summed E-state index contributed by atoms with van der Waals surface area (Å²) in [6.45, 7) is 0.595. The summed E-state index contributed by atoms with van der Waals surface area (Å²) in [4.78, 5) is 23.2. The van der Waals surface area contributed by atoms with Crippen LogP contribution in [0.3, 0.4) is 0 Å². The highest BCUT2D eigenvalue weighted by atomic mass is 16.5. The number of benzene rings is 1. The third kappa shape index (κ3) is 4.04. The number of nitrogens with one attached hydrogen (secondary N) is 1. The number of ether oxygens (including phenoxy) is 1. The molecule has 1 aliphatic rings. The molecule has 1 fully saturated rings. The van der Waals surface area contributed by atoms with E-state index in [2.05, 4.69) is 5.32 Å². The molecule has 114 valence electrons. The van der Waals surface area contributed by atoms with Crippen molar-refractivity contribution in [3.63, 3.8) is 0 Å². The molecular weight excluding hydrogens is 270 g/mol. The van der Waals surface area contributed by atoms with E-state index in [4.69, 9.17) is 9.84 Å². The summed E-state index contributed by atoms with van der Waals surface area (Å²) in [7, 11) is 1.64. The van der Waals surface area contributed by atoms with Crippen LogP contribution in [0.1, 0.15) is 24.8 Å². The van der Waals surface area contributed by atoms with Crippen LogP contribution in [-0.4, -0.2) is 30.7 Å². The molecule has 2 N–H and O–H groups in total. The van der Waals surface area contributed by atoms with Crippen LogP contribution in [0.15, 0.2) is 24.3 Å². The number of carboxylic acid groups (broad SMARTS) is 1. The van der Waals surface area contributed by atoms with E-state index in [-0.39, 0.29) is 17.7 Å². The summed E-state index contributed by atoms with van der Waals surface area (Å²) in [6.07, 6.45) is 2.39. The first-order chi connectivity index (χ1) is 10.1. The number of para-hydroxylation sites is 1. The minimum atomic E-state index is -0.800. The number of carbonyl (C=O) groups is 2. The maximum absolute atomic E-state index is 12.3. The molecule has 5 heteroatoms. The maximum Gasteiger partial charge on any atom is 0.306 e. The summed E-state index contributed by atoms with van der Waals surface area (Å²) in [6, 6.07) is 7.63. The van der Waals surface area contributed by atoms with Crippen molar-refractivity contribution in [3.8, 4) is 0 Å². The van der Waals surface area contributed by atoms with Crippen LogP contribution in [0.4, 0.5) is 5.69 Å². The number of aliphatic carboxylic acids is 1. The minimum Gasteiger partial charge on any atom is -0.481 e. The molecule has 1 aromatic rings. The molecule has 1 amide bonds. The summed E-state index contributed by atoms with van der Waals surface area (Å²) < 4.78 is 5.07. The van der Waals surface area contributed by atoms with Gasteiger partial charge in [0.15, 0.2) is 0 Å². The van der Waals surface area contributed by atoms with Crippen molar-refractivity contribution in [1.82, 2.24) is 0 Å². The number of carbonyl (C=O) groups excluding carboxylic acids is 1. The molecule has 0 aromatic heterocycles. The molecule has 2 unspecified atom stereocenters. The summed E-state index contributed by atoms with van der Waals surface area (Å²) in [5.41, 5.74) is 1.82. The predicted octanol–water partition coefficient (Wildman–Crippen LogP) is 2.31. The Balaban J connectivity index is 1.98. The van der Waals surface area contributed by atoms with Gasteiger partial charge < -0.3 is 15.2 Å². The SMILES string of the molecule is COCCc1ccccc1NC(=O)C1CCC(C(=O)O)C1. The van der Waals surface area contributed by atoms with Crippen LogP contribution in [0.2, 0.25) is 0 Å². The molecule has 0 heterocycles. The zero-order chi connectivity index (χ0) is 15.2. The third-order valence-corrected chi connectivity index (χ3v) is 4.00. The van der Waals surface area contributed by atoms with E-state index < -0.39 is 5.97 Å². The first kappa shape index (κ1) is 15.5. The van der Waals surface area contributed by atoms with Crippen molar-refractivity contribution in [2.75, 3.05) is 19.0 Å². The van der Waals surface area contributed by atoms with Gasteiger partial charge in [-0.25, -0.2) is 0 Å². The summed E-state index contributed by atoms with van der Waals surface area (Å²) >= 11 is 0. The van der Waals surface area contributed by atoms with E-state index >= 15 is 0 Å². The van der Waals surface area contributed by atoms with Gasteiger partial charge in [-0.2, -0.15) is 0 Å². The molecule has 0 spiro atoms. The van der Waals surface area contributed by atoms with Gasteiger partial charge in [-0.15, -0.1) is 0 Å². The number of amides is 1. The molecule has 1 saturated carbocycles. The fraction of sp³-hybridized carbons (Fsp3) is 0.500. The lowest BCUT2D eigenvalue weighted by Gasteiger charge is -2.14. The minimum absolute atomic E-state index is 0.0800. The van der Waals surface area contributed by atoms with Crippen LogP contribution < -0.4 is 5.32 Å². The largest absolute Gasteiger partial charge is 0.481 e. The number of hydrogen-bond donors (Lipinski definition) is 2. The molecule has 0 aliphatic heterocycles. The Bertz CT molecular complexity index is 515. The van der Waals surface area contributed by atoms with Crippen molar-refractivity contribution in [2.24, 2.45) is 11.8 Å². The number of anilines is 1. The molecule has 0 bridgehead atoms. The second-order valence-corrected chi connectivity index (χ2v) is 5.43. The van der Waals surface area contributed by atoms with Gasteiger partial charge in [0, 0.05) is 18.7 Å². The second-order valence-electron chi connectivity index (χ2n) is 5.43. The topological polar surface area (TPSA) is 75.6 Å². The second kappa shape index (κ2) is 7.22. The van der Waals surface area contributed by atoms with Gasteiger partial charge in [0.25, 0.3) is 0 Å². The highest BCUT2D eigenvalue weighted by Crippen LogP contribution is 2.32. The zero-order valence-corrected chi connectivity index (χ0v) is 12.2. The van der Waals surface area contributed by atoms with E-state index in [9.17, 15) is 9.59 Å². The molecule has 0 radical (unpaired) electrons. The van der Waals surface area contributed by atoms with Crippen molar-refractivity contribution in [3.05, 3.63) is 29.8 Å². The normalized spacial score (nSPS) is 21.2. The number of carboxylic acids is 1. The third-order valence-electron chi connectivity index (χ3n) is 4.00. The molecule has 1 aromatic carbocycles. The van der Waals surface area contributed by atoms with E-state index in [1.165, 1.54) is 0 Å². The van der Waals surface area contributed by atoms with E-state index in [0.717, 1.165) is 17.7 Å². The van der Waals surface area contributed by atoms with Crippen LogP contribution in [-0.2, 0) is 20.7 Å². The average Bonchev–Trinajstić information content (AvgIpc) is 2.96. The van der Waals surface area contributed by atoms with Gasteiger partial charge in [0.05, 0.1) is 12.5 Å². The molecule has 5 nitrogen and oxygen atoms in total. The van der Waals surface area contributed by atoms with Crippen LogP contribution in [0.25, 0.3) is 0 Å². The Morgan fingerprint density at radius 2 is 2.00 bits per heavy atom. The predicted molar refractivity (Wildman–Crippen MR) is 79.1 cm³/mol. The zero-order valence-electron chi connectivity index (χ0n) is 12.2. The lowest BCUT2D eigenvalue weighted by molar-refractivity contribution is -0.141. The van der Waals surface area contributed by atoms with E-state index in [1.54, 1.807) is 7.11 Å². The lowest BCUT2D eigenvalue weighted by atomic mass is 10.0. The Hall–Kier alpha value is -1.88. The van der Waals surface area contributed by atoms with E-state index in [1.807, 2.05) is 24.3 Å². The molecule has 1 aliphatic carbocycles.